The highest BCUT2D eigenvalue weighted by Gasteiger charge is 2.40. The van der Waals surface area contributed by atoms with Crippen LogP contribution in [-0.4, -0.2) is 41.1 Å². The van der Waals surface area contributed by atoms with Crippen molar-refractivity contribution in [3.05, 3.63) is 11.6 Å². The zero-order chi connectivity index (χ0) is 16.3. The number of nitrogens with zero attached hydrogens (tertiary/aromatic N) is 1. The maximum Gasteiger partial charge on any atom is 0.412 e. The Labute approximate surface area is 121 Å². The van der Waals surface area contributed by atoms with E-state index in [9.17, 15) is 27.9 Å². The first kappa shape index (κ1) is 17.5. The molecule has 4 nitrogen and oxygen atoms in total. The number of amides is 1. The van der Waals surface area contributed by atoms with Gasteiger partial charge in [-0.1, -0.05) is 19.9 Å². The Morgan fingerprint density at radius 3 is 2.19 bits per heavy atom. The monoisotopic (exact) mass is 307 g/mol. The number of carbonyl (C=O) groups excluding carboxylic acids is 1. The van der Waals surface area contributed by atoms with Crippen LogP contribution in [-0.2, 0) is 9.59 Å². The Morgan fingerprint density at radius 1 is 1.29 bits per heavy atom. The smallest absolute Gasteiger partial charge is 0.412 e. The van der Waals surface area contributed by atoms with Crippen molar-refractivity contribution in [2.45, 2.75) is 45.7 Å². The number of carboxylic acid groups (broad SMARTS) is 1. The van der Waals surface area contributed by atoms with Crippen molar-refractivity contribution < 1.29 is 27.9 Å². The zero-order valence-corrected chi connectivity index (χ0v) is 12.2. The van der Waals surface area contributed by atoms with E-state index in [1.165, 1.54) is 4.90 Å². The van der Waals surface area contributed by atoms with Crippen LogP contribution in [0.1, 0.15) is 39.5 Å². The molecule has 0 aromatic rings. The number of aliphatic carboxylic acids is 1. The van der Waals surface area contributed by atoms with E-state index in [1.807, 2.05) is 0 Å². The maximum absolute atomic E-state index is 12.5. The molecule has 1 N–H and O–H groups in total. The summed E-state index contributed by atoms with van der Waals surface area (Å²) >= 11 is 0. The Balaban J connectivity index is 2.75. The van der Waals surface area contributed by atoms with E-state index in [0.29, 0.717) is 12.8 Å². The fourth-order valence-electron chi connectivity index (χ4n) is 2.43. The fourth-order valence-corrected chi connectivity index (χ4v) is 2.43. The molecule has 7 heteroatoms. The van der Waals surface area contributed by atoms with Crippen molar-refractivity contribution in [1.82, 2.24) is 4.90 Å². The topological polar surface area (TPSA) is 57.6 Å². The molecule has 1 heterocycles. The lowest BCUT2D eigenvalue weighted by atomic mass is 9.79. The zero-order valence-electron chi connectivity index (χ0n) is 12.2. The molecule has 0 saturated heterocycles. The van der Waals surface area contributed by atoms with Crippen molar-refractivity contribution in [3.8, 4) is 0 Å². The van der Waals surface area contributed by atoms with E-state index in [-0.39, 0.29) is 25.9 Å². The highest BCUT2D eigenvalue weighted by molar-refractivity contribution is 5.85. The quantitative estimate of drug-likeness (QED) is 0.794. The van der Waals surface area contributed by atoms with Gasteiger partial charge in [-0.05, 0) is 19.3 Å². The second kappa shape index (κ2) is 6.49. The second-order valence-electron chi connectivity index (χ2n) is 5.29. The Morgan fingerprint density at radius 2 is 1.86 bits per heavy atom. The van der Waals surface area contributed by atoms with Crippen LogP contribution in [0, 0.1) is 5.41 Å². The minimum atomic E-state index is -4.35. The van der Waals surface area contributed by atoms with E-state index in [1.54, 1.807) is 13.8 Å². The lowest BCUT2D eigenvalue weighted by Crippen LogP contribution is -2.41. The molecule has 0 aromatic heterocycles. The third-order valence-corrected chi connectivity index (χ3v) is 4.22. The molecule has 1 aliphatic rings. The van der Waals surface area contributed by atoms with Crippen molar-refractivity contribution in [1.29, 1.82) is 0 Å². The fraction of sp³-hybridized carbons (Fsp3) is 0.714. The minimum Gasteiger partial charge on any atom is -0.481 e. The maximum atomic E-state index is 12.5. The van der Waals surface area contributed by atoms with Crippen LogP contribution in [0.3, 0.4) is 0 Å². The van der Waals surface area contributed by atoms with Gasteiger partial charge in [0.1, 0.15) is 0 Å². The summed E-state index contributed by atoms with van der Waals surface area (Å²) in [6.07, 6.45) is -3.16. The van der Waals surface area contributed by atoms with Crippen molar-refractivity contribution in [2.75, 3.05) is 13.1 Å². The molecule has 0 unspecified atom stereocenters. The molecule has 1 rings (SSSR count). The lowest BCUT2D eigenvalue weighted by Gasteiger charge is -2.32. The summed E-state index contributed by atoms with van der Waals surface area (Å²) in [5, 5.41) is 9.29. The molecule has 0 spiro atoms. The first-order valence-corrected chi connectivity index (χ1v) is 6.93. The van der Waals surface area contributed by atoms with Gasteiger partial charge in [-0.2, -0.15) is 13.2 Å². The van der Waals surface area contributed by atoms with E-state index < -0.39 is 29.0 Å². The molecule has 21 heavy (non-hydrogen) atoms. The first-order chi connectivity index (χ1) is 9.66. The van der Waals surface area contributed by atoms with Gasteiger partial charge in [-0.25, -0.2) is 0 Å². The summed E-state index contributed by atoms with van der Waals surface area (Å²) in [5.41, 5.74) is -1.76. The van der Waals surface area contributed by atoms with Crippen LogP contribution in [0.5, 0.6) is 0 Å². The number of rotatable bonds is 5. The largest absolute Gasteiger partial charge is 0.481 e. The van der Waals surface area contributed by atoms with Crippen LogP contribution in [0.15, 0.2) is 11.6 Å². The molecule has 1 aliphatic heterocycles. The molecule has 0 atom stereocenters. The minimum absolute atomic E-state index is 0.0205. The van der Waals surface area contributed by atoms with Gasteiger partial charge in [-0.15, -0.1) is 0 Å². The summed E-state index contributed by atoms with van der Waals surface area (Å²) in [5.74, 6) is -1.44. The SMILES string of the molecule is CCC(CC)(CC(=O)N1CC=C(C(F)(F)F)CC1)C(=O)O. The Hall–Kier alpha value is -1.53. The van der Waals surface area contributed by atoms with Crippen molar-refractivity contribution in [3.63, 3.8) is 0 Å². The van der Waals surface area contributed by atoms with E-state index in [2.05, 4.69) is 0 Å². The van der Waals surface area contributed by atoms with Crippen molar-refractivity contribution in [2.24, 2.45) is 5.41 Å². The average Bonchev–Trinajstić information content (AvgIpc) is 2.43. The van der Waals surface area contributed by atoms with E-state index >= 15 is 0 Å². The van der Waals surface area contributed by atoms with Gasteiger partial charge in [0.05, 0.1) is 5.41 Å². The van der Waals surface area contributed by atoms with Gasteiger partial charge >= 0.3 is 12.1 Å². The molecular weight excluding hydrogens is 287 g/mol. The number of alkyl halides is 3. The van der Waals surface area contributed by atoms with Gasteiger partial charge in [0.15, 0.2) is 0 Å². The van der Waals surface area contributed by atoms with Crippen LogP contribution in [0.4, 0.5) is 13.2 Å². The predicted molar refractivity (Wildman–Crippen MR) is 70.6 cm³/mol. The molecule has 0 aliphatic carbocycles. The third-order valence-electron chi connectivity index (χ3n) is 4.22. The number of halogens is 3. The molecular formula is C14H20F3NO3. The lowest BCUT2D eigenvalue weighted by molar-refractivity contribution is -0.154. The average molecular weight is 307 g/mol. The molecule has 1 amide bonds. The first-order valence-electron chi connectivity index (χ1n) is 6.93. The van der Waals surface area contributed by atoms with Crippen molar-refractivity contribution >= 4 is 11.9 Å². The van der Waals surface area contributed by atoms with Crippen LogP contribution in [0.25, 0.3) is 0 Å². The molecule has 0 bridgehead atoms. The highest BCUT2D eigenvalue weighted by atomic mass is 19.4. The standard InChI is InChI=1S/C14H20F3NO3/c1-3-13(4-2,12(20)21)9-11(19)18-7-5-10(6-8-18)14(15,16)17/h5H,3-4,6-9H2,1-2H3,(H,20,21). The van der Waals surface area contributed by atoms with Crippen LogP contribution >= 0.6 is 0 Å². The molecule has 0 aromatic carbocycles. The number of hydrogen-bond acceptors (Lipinski definition) is 2. The summed E-state index contributed by atoms with van der Waals surface area (Å²) in [6.45, 7) is 3.26. The van der Waals surface area contributed by atoms with Gasteiger partial charge in [0.2, 0.25) is 5.91 Å². The summed E-state index contributed by atoms with van der Waals surface area (Å²) in [7, 11) is 0. The molecule has 120 valence electrons. The number of carboxylic acids is 1. The van der Waals surface area contributed by atoms with E-state index in [4.69, 9.17) is 0 Å². The predicted octanol–water partition coefficient (Wildman–Crippen LogP) is 2.99. The molecule has 0 saturated carbocycles. The Kier molecular flexibility index (Phi) is 5.42. The number of carbonyl (C=O) groups is 2. The summed E-state index contributed by atoms with van der Waals surface area (Å²) < 4.78 is 37.5. The van der Waals surface area contributed by atoms with E-state index in [0.717, 1.165) is 6.08 Å². The normalized spacial score (nSPS) is 16.6. The van der Waals surface area contributed by atoms with Crippen LogP contribution < -0.4 is 0 Å². The summed E-state index contributed by atoms with van der Waals surface area (Å²) in [6, 6.07) is 0. The third kappa shape index (κ3) is 3.98. The second-order valence-corrected chi connectivity index (χ2v) is 5.29. The summed E-state index contributed by atoms with van der Waals surface area (Å²) in [4.78, 5) is 24.8. The van der Waals surface area contributed by atoms with Gasteiger partial charge in [0, 0.05) is 25.1 Å². The van der Waals surface area contributed by atoms with Gasteiger partial charge in [-0.3, -0.25) is 9.59 Å². The molecule has 0 fully saturated rings. The van der Waals surface area contributed by atoms with Crippen LogP contribution in [0.2, 0.25) is 0 Å². The van der Waals surface area contributed by atoms with Gasteiger partial charge < -0.3 is 10.0 Å². The highest BCUT2D eigenvalue weighted by Crippen LogP contribution is 2.33. The Bertz CT molecular complexity index is 439. The van der Waals surface area contributed by atoms with Gasteiger partial charge in [0.25, 0.3) is 0 Å². The molecule has 0 radical (unpaired) electrons. The number of hydrogen-bond donors (Lipinski definition) is 1.